The SMILES string of the molecule is [3H]C#CC(C)=O. The molecule has 0 atom stereocenters. The van der Waals surface area contributed by atoms with Gasteiger partial charge in [0.25, 0.3) is 0 Å². The van der Waals surface area contributed by atoms with E-state index < -0.39 is 0 Å². The molecule has 0 radical (unpaired) electrons. The maximum Gasteiger partial charge on any atom is 0.202 e. The molecule has 0 saturated carbocycles. The Morgan fingerprint density at radius 2 is 3.00 bits per heavy atom. The monoisotopic (exact) mass is 70.0 g/mol. The van der Waals surface area contributed by atoms with Gasteiger partial charge in [-0.2, -0.15) is 0 Å². The molecule has 0 unspecified atom stereocenters. The van der Waals surface area contributed by atoms with Crippen molar-refractivity contribution in [3.05, 3.63) is 0 Å². The highest BCUT2D eigenvalue weighted by Gasteiger charge is 1.70. The van der Waals surface area contributed by atoms with Gasteiger partial charge >= 0.3 is 0 Å². The Morgan fingerprint density at radius 3 is 3.00 bits per heavy atom. The summed E-state index contributed by atoms with van der Waals surface area (Å²) in [6.07, 6.45) is 1.72. The molecule has 0 saturated heterocycles. The van der Waals surface area contributed by atoms with Gasteiger partial charge in [0.05, 0.1) is 0 Å². The van der Waals surface area contributed by atoms with Gasteiger partial charge in [0.1, 0.15) is 1.37 Å². The van der Waals surface area contributed by atoms with Crippen LogP contribution in [0.15, 0.2) is 0 Å². The van der Waals surface area contributed by atoms with Crippen LogP contribution < -0.4 is 0 Å². The third-order valence-corrected chi connectivity index (χ3v) is 0.176. The fourth-order valence-corrected chi connectivity index (χ4v) is 0. The summed E-state index contributed by atoms with van der Waals surface area (Å²) < 4.78 is 6.15. The third kappa shape index (κ3) is 3.23. The van der Waals surface area contributed by atoms with E-state index in [1.165, 1.54) is 6.92 Å². The van der Waals surface area contributed by atoms with Crippen LogP contribution in [0.1, 0.15) is 8.29 Å². The van der Waals surface area contributed by atoms with Crippen molar-refractivity contribution in [2.24, 2.45) is 0 Å². The molecule has 26 valence electrons. The van der Waals surface area contributed by atoms with Crippen LogP contribution >= 0.6 is 0 Å². The highest BCUT2D eigenvalue weighted by Crippen LogP contribution is 1.52. The van der Waals surface area contributed by atoms with E-state index in [4.69, 9.17) is 1.37 Å². The second kappa shape index (κ2) is 1.54. The van der Waals surface area contributed by atoms with Crippen molar-refractivity contribution < 1.29 is 6.17 Å². The van der Waals surface area contributed by atoms with Crippen LogP contribution in [0, 0.1) is 12.3 Å². The molecule has 0 fully saturated rings. The topological polar surface area (TPSA) is 17.1 Å². The van der Waals surface area contributed by atoms with Crippen molar-refractivity contribution >= 4 is 5.78 Å². The summed E-state index contributed by atoms with van der Waals surface area (Å²) in [6.45, 7) is 1.32. The molecule has 0 aliphatic carbocycles. The molecule has 0 rings (SSSR count). The fraction of sp³-hybridized carbons (Fsp3) is 0.250. The van der Waals surface area contributed by atoms with Crippen molar-refractivity contribution in [1.82, 2.24) is 0 Å². The Labute approximate surface area is 32.4 Å². The zero-order valence-electron chi connectivity index (χ0n) is 3.91. The van der Waals surface area contributed by atoms with Gasteiger partial charge in [-0.05, 0) is 5.92 Å². The first-order chi connectivity index (χ1) is 2.77. The van der Waals surface area contributed by atoms with Crippen molar-refractivity contribution in [3.8, 4) is 12.3 Å². The second-order valence-corrected chi connectivity index (χ2v) is 0.681. The lowest BCUT2D eigenvalue weighted by Crippen LogP contribution is -1.75. The summed E-state index contributed by atoms with van der Waals surface area (Å²) in [5.74, 6) is 1.73. The van der Waals surface area contributed by atoms with Crippen LogP contribution in [0.3, 0.4) is 0 Å². The lowest BCUT2D eigenvalue weighted by atomic mass is 10.5. The van der Waals surface area contributed by atoms with E-state index in [-0.39, 0.29) is 5.78 Å². The van der Waals surface area contributed by atoms with E-state index in [9.17, 15) is 4.79 Å². The first kappa shape index (κ1) is 2.47. The Hall–Kier alpha value is -0.770. The van der Waals surface area contributed by atoms with Gasteiger partial charge in [-0.3, -0.25) is 4.79 Å². The average molecular weight is 70.1 g/mol. The molecule has 0 heterocycles. The molecule has 0 amide bonds. The van der Waals surface area contributed by atoms with E-state index in [0.717, 1.165) is 0 Å². The number of rotatable bonds is 0. The summed E-state index contributed by atoms with van der Waals surface area (Å²) in [5, 5.41) is 0. The zero-order valence-corrected chi connectivity index (χ0v) is 2.91. The zero-order chi connectivity index (χ0) is 4.99. The number of terminal acetylenes is 1. The second-order valence-electron chi connectivity index (χ2n) is 0.681. The molecular formula is C4H4O. The number of carbonyl (C=O) groups excluding carboxylic acids is 1. The molecule has 0 aromatic carbocycles. The number of Topliss-reactive ketones (excluding diaryl/α,β-unsaturated/α-hetero) is 1. The summed E-state index contributed by atoms with van der Waals surface area (Å²) in [6, 6.07) is 0. The first-order valence-corrected chi connectivity index (χ1v) is 1.20. The molecular weight excluding hydrogens is 64.0 g/mol. The summed E-state index contributed by atoms with van der Waals surface area (Å²) in [5.41, 5.74) is 0. The lowest BCUT2D eigenvalue weighted by molar-refractivity contribution is -0.111. The van der Waals surface area contributed by atoms with Crippen molar-refractivity contribution in [1.29, 1.82) is 0 Å². The molecule has 0 N–H and O–H groups in total. The van der Waals surface area contributed by atoms with Gasteiger partial charge < -0.3 is 0 Å². The summed E-state index contributed by atoms with van der Waals surface area (Å²) >= 11 is 0. The molecule has 1 heteroatoms. The average Bonchev–Trinajstić information content (AvgIpc) is 1.35. The Bertz CT molecular complexity index is 106. The number of carbonyl (C=O) groups is 1. The van der Waals surface area contributed by atoms with Gasteiger partial charge in [0.2, 0.25) is 5.78 Å². The number of ketones is 1. The van der Waals surface area contributed by atoms with Gasteiger partial charge in [0.15, 0.2) is 0 Å². The van der Waals surface area contributed by atoms with Crippen LogP contribution in [0.4, 0.5) is 0 Å². The minimum absolute atomic E-state index is 0.259. The third-order valence-electron chi connectivity index (χ3n) is 0.176. The smallest absolute Gasteiger partial charge is 0.202 e. The van der Waals surface area contributed by atoms with Gasteiger partial charge in [-0.1, -0.05) is 0 Å². The molecule has 0 aliphatic rings. The number of hydrogen-bond donors (Lipinski definition) is 0. The fourth-order valence-electron chi connectivity index (χ4n) is 0. The molecule has 0 spiro atoms. The maximum absolute atomic E-state index is 9.75. The van der Waals surface area contributed by atoms with Crippen LogP contribution in [0.25, 0.3) is 0 Å². The van der Waals surface area contributed by atoms with Crippen molar-refractivity contribution in [2.45, 2.75) is 6.92 Å². The van der Waals surface area contributed by atoms with Gasteiger partial charge in [-0.25, -0.2) is 0 Å². The summed E-state index contributed by atoms with van der Waals surface area (Å²) in [4.78, 5) is 9.75. The largest absolute Gasteiger partial charge is 0.285 e. The van der Waals surface area contributed by atoms with Crippen molar-refractivity contribution in [2.75, 3.05) is 0 Å². The van der Waals surface area contributed by atoms with E-state index in [1.807, 2.05) is 5.92 Å². The quantitative estimate of drug-likeness (QED) is 0.294. The molecule has 0 bridgehead atoms. The van der Waals surface area contributed by atoms with Gasteiger partial charge in [-0.15, -0.1) is 6.40 Å². The van der Waals surface area contributed by atoms with Crippen LogP contribution in [0.5, 0.6) is 0 Å². The van der Waals surface area contributed by atoms with E-state index in [0.29, 0.717) is 0 Å². The minimum atomic E-state index is -0.259. The summed E-state index contributed by atoms with van der Waals surface area (Å²) in [7, 11) is 0. The Kier molecular flexibility index (Phi) is 0.759. The molecule has 0 aromatic rings. The molecule has 0 aromatic heterocycles. The molecule has 1 nitrogen and oxygen atoms in total. The predicted octanol–water partition coefficient (Wildman–Crippen LogP) is 0.209. The van der Waals surface area contributed by atoms with E-state index in [2.05, 4.69) is 0 Å². The maximum atomic E-state index is 9.75. The highest BCUT2D eigenvalue weighted by molar-refractivity contribution is 5.92. The lowest BCUT2D eigenvalue weighted by Gasteiger charge is -1.58. The minimum Gasteiger partial charge on any atom is -0.285 e. The van der Waals surface area contributed by atoms with E-state index in [1.54, 1.807) is 6.40 Å². The van der Waals surface area contributed by atoms with E-state index >= 15 is 0 Å². The Morgan fingerprint density at radius 1 is 2.40 bits per heavy atom. The Balaban J connectivity index is 3.50. The van der Waals surface area contributed by atoms with Crippen LogP contribution in [-0.4, -0.2) is 5.78 Å². The van der Waals surface area contributed by atoms with Crippen LogP contribution in [0.2, 0.25) is 0 Å². The van der Waals surface area contributed by atoms with Crippen molar-refractivity contribution in [3.63, 3.8) is 0 Å². The normalized spacial score (nSPS) is 7.00. The number of hydrogen-bond acceptors (Lipinski definition) is 1. The molecule has 5 heavy (non-hydrogen) atoms. The van der Waals surface area contributed by atoms with Gasteiger partial charge in [0, 0.05) is 6.92 Å². The van der Waals surface area contributed by atoms with Crippen LogP contribution in [-0.2, 0) is 4.79 Å². The standard InChI is InChI=1S/C4H4O/c1-3-4(2)5/h1H,2H3/i1T. The first-order valence-electron chi connectivity index (χ1n) is 1.70. The predicted molar refractivity (Wildman–Crippen MR) is 19.5 cm³/mol. The molecule has 0 aliphatic heterocycles. The highest BCUT2D eigenvalue weighted by atomic mass is 16.1.